The van der Waals surface area contributed by atoms with Gasteiger partial charge in [-0.1, -0.05) is 30.3 Å². The van der Waals surface area contributed by atoms with Gasteiger partial charge in [-0.2, -0.15) is 0 Å². The Morgan fingerprint density at radius 3 is 2.58 bits per heavy atom. The number of hydrogen-bond donors (Lipinski definition) is 0. The molecule has 0 spiro atoms. The predicted molar refractivity (Wildman–Crippen MR) is 88.9 cm³/mol. The van der Waals surface area contributed by atoms with Crippen LogP contribution in [0, 0.1) is 0 Å². The van der Waals surface area contributed by atoms with E-state index >= 15 is 0 Å². The standard InChI is InChI=1S/C19H16O5/c1-2-22-19(21)18(14-6-4-3-5-7-14)23-15-10-8-13-9-11-17(20)24-16(13)12-15/h3-12,18H,2H2,1H3. The second-order valence-electron chi connectivity index (χ2n) is 5.11. The van der Waals surface area contributed by atoms with E-state index in [0.29, 0.717) is 16.9 Å². The Labute approximate surface area is 138 Å². The summed E-state index contributed by atoms with van der Waals surface area (Å²) in [6.07, 6.45) is -0.890. The quantitative estimate of drug-likeness (QED) is 0.531. The molecule has 5 heteroatoms. The van der Waals surface area contributed by atoms with Crippen molar-refractivity contribution < 1.29 is 18.7 Å². The Hall–Kier alpha value is -3.08. The molecule has 0 amide bonds. The topological polar surface area (TPSA) is 65.7 Å². The van der Waals surface area contributed by atoms with Crippen molar-refractivity contribution in [2.75, 3.05) is 6.61 Å². The first-order valence-electron chi connectivity index (χ1n) is 7.59. The molecule has 0 aliphatic carbocycles. The Balaban J connectivity index is 1.95. The summed E-state index contributed by atoms with van der Waals surface area (Å²) in [5.41, 5.74) is 0.644. The van der Waals surface area contributed by atoms with E-state index in [4.69, 9.17) is 13.9 Å². The Morgan fingerprint density at radius 1 is 1.08 bits per heavy atom. The van der Waals surface area contributed by atoms with Gasteiger partial charge in [-0.3, -0.25) is 0 Å². The maximum atomic E-state index is 12.2. The molecule has 3 rings (SSSR count). The van der Waals surface area contributed by atoms with Crippen LogP contribution in [-0.4, -0.2) is 12.6 Å². The molecule has 0 saturated heterocycles. The monoisotopic (exact) mass is 324 g/mol. The lowest BCUT2D eigenvalue weighted by molar-refractivity contribution is -0.151. The van der Waals surface area contributed by atoms with Gasteiger partial charge >= 0.3 is 11.6 Å². The van der Waals surface area contributed by atoms with Crippen LogP contribution in [0.3, 0.4) is 0 Å². The summed E-state index contributed by atoms with van der Waals surface area (Å²) in [5.74, 6) is -0.0583. The van der Waals surface area contributed by atoms with E-state index in [1.807, 2.05) is 18.2 Å². The first kappa shape index (κ1) is 15.8. The van der Waals surface area contributed by atoms with Gasteiger partial charge in [-0.25, -0.2) is 9.59 Å². The first-order chi connectivity index (χ1) is 11.7. The highest BCUT2D eigenvalue weighted by Crippen LogP contribution is 2.26. The number of hydrogen-bond acceptors (Lipinski definition) is 5. The van der Waals surface area contributed by atoms with E-state index in [2.05, 4.69) is 0 Å². The molecule has 0 radical (unpaired) electrons. The molecule has 24 heavy (non-hydrogen) atoms. The van der Waals surface area contributed by atoms with Crippen molar-refractivity contribution in [3.05, 3.63) is 76.6 Å². The lowest BCUT2D eigenvalue weighted by Crippen LogP contribution is -2.21. The van der Waals surface area contributed by atoms with Crippen LogP contribution in [-0.2, 0) is 9.53 Å². The van der Waals surface area contributed by atoms with Crippen molar-refractivity contribution in [1.29, 1.82) is 0 Å². The Kier molecular flexibility index (Phi) is 4.61. The molecule has 3 aromatic rings. The molecule has 1 aromatic heterocycles. The summed E-state index contributed by atoms with van der Waals surface area (Å²) in [6.45, 7) is 2.00. The van der Waals surface area contributed by atoms with Gasteiger partial charge < -0.3 is 13.9 Å². The Morgan fingerprint density at radius 2 is 1.83 bits per heavy atom. The summed E-state index contributed by atoms with van der Waals surface area (Å²) in [6, 6.07) is 17.2. The third kappa shape index (κ3) is 3.46. The van der Waals surface area contributed by atoms with Gasteiger partial charge in [0, 0.05) is 23.1 Å². The minimum atomic E-state index is -0.890. The van der Waals surface area contributed by atoms with Crippen LogP contribution in [0.5, 0.6) is 5.75 Å². The number of esters is 1. The lowest BCUT2D eigenvalue weighted by atomic mass is 10.1. The summed E-state index contributed by atoms with van der Waals surface area (Å²) >= 11 is 0. The smallest absolute Gasteiger partial charge is 0.352 e. The minimum Gasteiger partial charge on any atom is -0.474 e. The van der Waals surface area contributed by atoms with Gasteiger partial charge in [0.25, 0.3) is 0 Å². The van der Waals surface area contributed by atoms with Crippen LogP contribution in [0.25, 0.3) is 11.0 Å². The third-order valence-electron chi connectivity index (χ3n) is 3.45. The highest BCUT2D eigenvalue weighted by molar-refractivity contribution is 5.79. The first-order valence-corrected chi connectivity index (χ1v) is 7.59. The molecule has 5 nitrogen and oxygen atoms in total. The maximum Gasteiger partial charge on any atom is 0.352 e. The summed E-state index contributed by atoms with van der Waals surface area (Å²) in [7, 11) is 0. The van der Waals surface area contributed by atoms with Gasteiger partial charge in [0.05, 0.1) is 6.61 Å². The van der Waals surface area contributed by atoms with Crippen molar-refractivity contribution in [1.82, 2.24) is 0 Å². The fourth-order valence-corrected chi connectivity index (χ4v) is 2.35. The zero-order chi connectivity index (χ0) is 16.9. The summed E-state index contributed by atoms with van der Waals surface area (Å²) < 4.78 is 16.1. The van der Waals surface area contributed by atoms with Gasteiger partial charge in [0.1, 0.15) is 11.3 Å². The van der Waals surface area contributed by atoms with Crippen molar-refractivity contribution >= 4 is 16.9 Å². The van der Waals surface area contributed by atoms with Gasteiger partial charge in [-0.15, -0.1) is 0 Å². The molecule has 0 aliphatic rings. The van der Waals surface area contributed by atoms with E-state index in [-0.39, 0.29) is 6.61 Å². The van der Waals surface area contributed by atoms with Crippen molar-refractivity contribution in [2.45, 2.75) is 13.0 Å². The average Bonchev–Trinajstić information content (AvgIpc) is 2.60. The van der Waals surface area contributed by atoms with Crippen molar-refractivity contribution in [2.24, 2.45) is 0 Å². The molecular weight excluding hydrogens is 308 g/mol. The SMILES string of the molecule is CCOC(=O)C(Oc1ccc2ccc(=O)oc2c1)c1ccccc1. The van der Waals surface area contributed by atoms with Crippen LogP contribution < -0.4 is 10.4 Å². The number of benzene rings is 2. The summed E-state index contributed by atoms with van der Waals surface area (Å²) in [5, 5.41) is 0.773. The zero-order valence-electron chi connectivity index (χ0n) is 13.1. The fraction of sp³-hybridized carbons (Fsp3) is 0.158. The van der Waals surface area contributed by atoms with Crippen LogP contribution in [0.4, 0.5) is 0 Å². The Bertz CT molecular complexity index is 898. The van der Waals surface area contributed by atoms with Gasteiger partial charge in [0.15, 0.2) is 0 Å². The fourth-order valence-electron chi connectivity index (χ4n) is 2.35. The highest BCUT2D eigenvalue weighted by Gasteiger charge is 2.24. The number of rotatable bonds is 5. The second kappa shape index (κ2) is 7.00. The number of carbonyl (C=O) groups excluding carboxylic acids is 1. The molecule has 1 atom stereocenters. The molecule has 0 fully saturated rings. The number of ether oxygens (including phenoxy) is 2. The number of carbonyl (C=O) groups is 1. The molecule has 1 heterocycles. The van der Waals surface area contributed by atoms with Crippen molar-refractivity contribution in [3.63, 3.8) is 0 Å². The van der Waals surface area contributed by atoms with Crippen LogP contribution in [0.15, 0.2) is 69.9 Å². The molecule has 0 saturated carbocycles. The zero-order valence-corrected chi connectivity index (χ0v) is 13.1. The molecule has 0 N–H and O–H groups in total. The maximum absolute atomic E-state index is 12.2. The third-order valence-corrected chi connectivity index (χ3v) is 3.45. The molecule has 2 aromatic carbocycles. The normalized spacial score (nSPS) is 11.9. The number of fused-ring (bicyclic) bond motifs is 1. The highest BCUT2D eigenvalue weighted by atomic mass is 16.6. The van der Waals surface area contributed by atoms with E-state index in [1.165, 1.54) is 6.07 Å². The second-order valence-corrected chi connectivity index (χ2v) is 5.11. The van der Waals surface area contributed by atoms with Gasteiger partial charge in [0.2, 0.25) is 6.10 Å². The molecular formula is C19H16O5. The van der Waals surface area contributed by atoms with Crippen LogP contribution in [0.2, 0.25) is 0 Å². The van der Waals surface area contributed by atoms with E-state index < -0.39 is 17.7 Å². The molecule has 122 valence electrons. The van der Waals surface area contributed by atoms with E-state index in [1.54, 1.807) is 43.3 Å². The van der Waals surface area contributed by atoms with Gasteiger partial charge in [-0.05, 0) is 25.1 Å². The molecule has 1 unspecified atom stereocenters. The van der Waals surface area contributed by atoms with Crippen LogP contribution in [0.1, 0.15) is 18.6 Å². The largest absolute Gasteiger partial charge is 0.474 e. The van der Waals surface area contributed by atoms with E-state index in [0.717, 1.165) is 5.39 Å². The van der Waals surface area contributed by atoms with E-state index in [9.17, 15) is 9.59 Å². The summed E-state index contributed by atoms with van der Waals surface area (Å²) in [4.78, 5) is 23.6. The van der Waals surface area contributed by atoms with Crippen LogP contribution >= 0.6 is 0 Å². The molecule has 0 bridgehead atoms. The predicted octanol–water partition coefficient (Wildman–Crippen LogP) is 3.48. The molecule has 0 aliphatic heterocycles. The van der Waals surface area contributed by atoms with Crippen molar-refractivity contribution in [3.8, 4) is 5.75 Å². The minimum absolute atomic E-state index is 0.262. The average molecular weight is 324 g/mol. The lowest BCUT2D eigenvalue weighted by Gasteiger charge is -2.18.